The van der Waals surface area contributed by atoms with Crippen LogP contribution in [0, 0.1) is 0 Å². The first-order valence-corrected chi connectivity index (χ1v) is 6.50. The molecule has 0 aliphatic carbocycles. The summed E-state index contributed by atoms with van der Waals surface area (Å²) >= 11 is 0. The van der Waals surface area contributed by atoms with Crippen molar-refractivity contribution in [2.45, 2.75) is 0 Å². The predicted molar refractivity (Wildman–Crippen MR) is 81.2 cm³/mol. The standard InChI is InChI=1S/C16H11N3O3/c20-15-13(9-11-5-4-8-17-10-11)14(16(21)22)18-19(15)12-6-2-1-3-7-12/h1-10H,(H,21,22)/b13-9-. The number of carbonyl (C=O) groups excluding carboxylic acids is 1. The largest absolute Gasteiger partial charge is 0.476 e. The van der Waals surface area contributed by atoms with Gasteiger partial charge in [-0.1, -0.05) is 24.3 Å². The molecule has 1 aliphatic rings. The fourth-order valence-electron chi connectivity index (χ4n) is 2.07. The highest BCUT2D eigenvalue weighted by Crippen LogP contribution is 2.24. The molecule has 1 aromatic heterocycles. The Hall–Kier alpha value is -3.28. The molecule has 1 aromatic carbocycles. The first kappa shape index (κ1) is 13.7. The lowest BCUT2D eigenvalue weighted by atomic mass is 10.1. The van der Waals surface area contributed by atoms with E-state index in [1.165, 1.54) is 6.08 Å². The summed E-state index contributed by atoms with van der Waals surface area (Å²) in [6.45, 7) is 0. The van der Waals surface area contributed by atoms with Crippen molar-refractivity contribution in [2.75, 3.05) is 5.01 Å². The van der Waals surface area contributed by atoms with Crippen LogP contribution in [0.3, 0.4) is 0 Å². The molecule has 1 aliphatic heterocycles. The number of carboxylic acid groups (broad SMARTS) is 1. The van der Waals surface area contributed by atoms with Gasteiger partial charge in [0.1, 0.15) is 0 Å². The summed E-state index contributed by atoms with van der Waals surface area (Å²) in [5.41, 5.74) is 0.901. The second kappa shape index (κ2) is 5.61. The lowest BCUT2D eigenvalue weighted by molar-refractivity contribution is -0.129. The van der Waals surface area contributed by atoms with Crippen molar-refractivity contribution in [2.24, 2.45) is 5.10 Å². The van der Waals surface area contributed by atoms with Crippen molar-refractivity contribution in [3.05, 3.63) is 66.0 Å². The van der Waals surface area contributed by atoms with Crippen LogP contribution in [-0.4, -0.2) is 27.7 Å². The number of nitrogens with zero attached hydrogens (tertiary/aromatic N) is 3. The van der Waals surface area contributed by atoms with Crippen LogP contribution in [0.25, 0.3) is 6.08 Å². The van der Waals surface area contributed by atoms with Crippen LogP contribution in [0.4, 0.5) is 5.69 Å². The number of rotatable bonds is 3. The molecule has 0 saturated heterocycles. The Morgan fingerprint density at radius 2 is 1.91 bits per heavy atom. The number of aromatic nitrogens is 1. The minimum atomic E-state index is -1.25. The minimum Gasteiger partial charge on any atom is -0.476 e. The summed E-state index contributed by atoms with van der Waals surface area (Å²) in [5.74, 6) is -1.73. The molecule has 1 N–H and O–H groups in total. The fraction of sp³-hybridized carbons (Fsp3) is 0. The molecule has 0 fully saturated rings. The van der Waals surface area contributed by atoms with Crippen LogP contribution in [0.2, 0.25) is 0 Å². The Bertz CT molecular complexity index is 783. The van der Waals surface area contributed by atoms with Gasteiger partial charge in [0.2, 0.25) is 0 Å². The van der Waals surface area contributed by atoms with Gasteiger partial charge in [0.05, 0.1) is 11.3 Å². The number of carbonyl (C=O) groups is 2. The van der Waals surface area contributed by atoms with E-state index in [1.807, 2.05) is 0 Å². The fourth-order valence-corrected chi connectivity index (χ4v) is 2.07. The SMILES string of the molecule is O=C(O)C1=NN(c2ccccc2)C(=O)/C1=C\c1cccnc1. The number of hydrogen-bond donors (Lipinski definition) is 1. The molecule has 0 spiro atoms. The first-order valence-electron chi connectivity index (χ1n) is 6.50. The van der Waals surface area contributed by atoms with Gasteiger partial charge in [-0.05, 0) is 29.8 Å². The zero-order valence-electron chi connectivity index (χ0n) is 11.4. The lowest BCUT2D eigenvalue weighted by Gasteiger charge is -2.10. The molecule has 6 nitrogen and oxygen atoms in total. The van der Waals surface area contributed by atoms with Gasteiger partial charge in [0.25, 0.3) is 5.91 Å². The highest BCUT2D eigenvalue weighted by Gasteiger charge is 2.34. The third-order valence-electron chi connectivity index (χ3n) is 3.08. The second-order valence-corrected chi connectivity index (χ2v) is 4.55. The number of anilines is 1. The number of para-hydroxylation sites is 1. The van der Waals surface area contributed by atoms with Gasteiger partial charge in [-0.3, -0.25) is 9.78 Å². The Labute approximate surface area is 126 Å². The van der Waals surface area contributed by atoms with Crippen molar-refractivity contribution in [1.82, 2.24) is 4.98 Å². The maximum absolute atomic E-state index is 12.5. The van der Waals surface area contributed by atoms with Crippen LogP contribution >= 0.6 is 0 Å². The number of amides is 1. The van der Waals surface area contributed by atoms with Crippen molar-refractivity contribution in [3.8, 4) is 0 Å². The van der Waals surface area contributed by atoms with E-state index in [9.17, 15) is 14.7 Å². The van der Waals surface area contributed by atoms with E-state index in [1.54, 1.807) is 54.9 Å². The summed E-state index contributed by atoms with van der Waals surface area (Å²) in [5, 5.41) is 14.3. The Morgan fingerprint density at radius 1 is 1.14 bits per heavy atom. The average Bonchev–Trinajstić information content (AvgIpc) is 2.87. The van der Waals surface area contributed by atoms with E-state index < -0.39 is 11.9 Å². The van der Waals surface area contributed by atoms with Crippen molar-refractivity contribution < 1.29 is 14.7 Å². The maximum Gasteiger partial charge on any atom is 0.357 e. The number of hydrazone groups is 1. The zero-order chi connectivity index (χ0) is 15.5. The number of pyridine rings is 1. The number of aliphatic carboxylic acids is 1. The summed E-state index contributed by atoms with van der Waals surface area (Å²) in [6.07, 6.45) is 4.62. The molecule has 2 aromatic rings. The highest BCUT2D eigenvalue weighted by molar-refractivity contribution is 6.53. The van der Waals surface area contributed by atoms with Gasteiger partial charge in [-0.25, -0.2) is 4.79 Å². The van der Waals surface area contributed by atoms with Gasteiger partial charge in [0.15, 0.2) is 5.71 Å². The van der Waals surface area contributed by atoms with Gasteiger partial charge in [0, 0.05) is 12.4 Å². The van der Waals surface area contributed by atoms with E-state index in [0.29, 0.717) is 11.3 Å². The molecule has 22 heavy (non-hydrogen) atoms. The summed E-state index contributed by atoms with van der Waals surface area (Å²) in [7, 11) is 0. The topological polar surface area (TPSA) is 82.9 Å². The van der Waals surface area contributed by atoms with Gasteiger partial charge in [-0.15, -0.1) is 0 Å². The average molecular weight is 293 g/mol. The predicted octanol–water partition coefficient (Wildman–Crippen LogP) is 1.95. The summed E-state index contributed by atoms with van der Waals surface area (Å²) in [4.78, 5) is 27.8. The van der Waals surface area contributed by atoms with Crippen LogP contribution in [-0.2, 0) is 9.59 Å². The van der Waals surface area contributed by atoms with E-state index in [-0.39, 0.29) is 11.3 Å². The normalized spacial score (nSPS) is 16.0. The van der Waals surface area contributed by atoms with E-state index >= 15 is 0 Å². The smallest absolute Gasteiger partial charge is 0.357 e. The molecular formula is C16H11N3O3. The van der Waals surface area contributed by atoms with Gasteiger partial charge < -0.3 is 5.11 Å². The molecule has 0 bridgehead atoms. The quantitative estimate of drug-likeness (QED) is 0.877. The molecule has 0 radical (unpaired) electrons. The van der Waals surface area contributed by atoms with Crippen LogP contribution in [0.1, 0.15) is 5.56 Å². The number of benzene rings is 1. The number of carboxylic acids is 1. The van der Waals surface area contributed by atoms with E-state index in [4.69, 9.17) is 0 Å². The maximum atomic E-state index is 12.5. The molecule has 0 unspecified atom stereocenters. The monoisotopic (exact) mass is 293 g/mol. The van der Waals surface area contributed by atoms with E-state index in [2.05, 4.69) is 10.1 Å². The second-order valence-electron chi connectivity index (χ2n) is 4.55. The third-order valence-corrected chi connectivity index (χ3v) is 3.08. The highest BCUT2D eigenvalue weighted by atomic mass is 16.4. The van der Waals surface area contributed by atoms with Crippen LogP contribution in [0.5, 0.6) is 0 Å². The third kappa shape index (κ3) is 2.49. The lowest BCUT2D eigenvalue weighted by Crippen LogP contribution is -2.22. The first-order chi connectivity index (χ1) is 10.7. The van der Waals surface area contributed by atoms with Crippen molar-refractivity contribution in [3.63, 3.8) is 0 Å². The Kier molecular flexibility index (Phi) is 3.49. The van der Waals surface area contributed by atoms with Crippen LogP contribution < -0.4 is 5.01 Å². The van der Waals surface area contributed by atoms with Crippen molar-refractivity contribution in [1.29, 1.82) is 0 Å². The van der Waals surface area contributed by atoms with Gasteiger partial charge in [-0.2, -0.15) is 10.1 Å². The van der Waals surface area contributed by atoms with E-state index in [0.717, 1.165) is 5.01 Å². The summed E-state index contributed by atoms with van der Waals surface area (Å²) < 4.78 is 0. The molecule has 3 rings (SSSR count). The Balaban J connectivity index is 2.05. The molecule has 108 valence electrons. The van der Waals surface area contributed by atoms with Gasteiger partial charge >= 0.3 is 5.97 Å². The molecule has 6 heteroatoms. The number of hydrogen-bond acceptors (Lipinski definition) is 4. The molecule has 1 amide bonds. The Morgan fingerprint density at radius 3 is 2.55 bits per heavy atom. The molecule has 2 heterocycles. The molecule has 0 saturated carbocycles. The summed E-state index contributed by atoms with van der Waals surface area (Å²) in [6, 6.07) is 12.1. The zero-order valence-corrected chi connectivity index (χ0v) is 11.4. The minimum absolute atomic E-state index is 0.0318. The van der Waals surface area contributed by atoms with Crippen LogP contribution in [0.15, 0.2) is 65.5 Å². The van der Waals surface area contributed by atoms with Crippen molar-refractivity contribution >= 4 is 29.4 Å². The molecular weight excluding hydrogens is 282 g/mol. The molecule has 0 atom stereocenters.